The number of ketones is 1. The van der Waals surface area contributed by atoms with E-state index < -0.39 is 98.6 Å². The number of nitrogens with one attached hydrogen (secondary N) is 1. The first kappa shape index (κ1) is 45.9. The van der Waals surface area contributed by atoms with Crippen molar-refractivity contribution in [1.29, 1.82) is 0 Å². The van der Waals surface area contributed by atoms with Crippen molar-refractivity contribution in [3.63, 3.8) is 0 Å². The number of phenols is 3. The predicted octanol–water partition coefficient (Wildman–Crippen LogP) is 3.82. The van der Waals surface area contributed by atoms with Crippen molar-refractivity contribution in [2.75, 3.05) is 37.0 Å². The number of Topliss-reactive ketones (excluding diaryl/α,β-unsaturated/α-hetero) is 1. The number of aliphatic hydroxyl groups is 2. The molecule has 2 aromatic carbocycles. The number of aliphatic hydroxyl groups excluding tert-OH is 2. The van der Waals surface area contributed by atoms with Gasteiger partial charge in [-0.2, -0.15) is 5.10 Å². The van der Waals surface area contributed by atoms with Crippen molar-refractivity contribution < 1.29 is 67.3 Å². The van der Waals surface area contributed by atoms with E-state index in [4.69, 9.17) is 18.9 Å². The number of methoxy groups -OCH3 is 1. The second-order valence-corrected chi connectivity index (χ2v) is 18.3. The third-order valence-electron chi connectivity index (χ3n) is 11.7. The predicted molar refractivity (Wildman–Crippen MR) is 222 cm³/mol. The van der Waals surface area contributed by atoms with Gasteiger partial charge < -0.3 is 49.8 Å². The van der Waals surface area contributed by atoms with Crippen LogP contribution in [0, 0.1) is 30.6 Å². The second-order valence-electron chi connectivity index (χ2n) is 16.0. The number of rotatable bonds is 4. The molecule has 328 valence electrons. The molecule has 9 atom stereocenters. The van der Waals surface area contributed by atoms with Gasteiger partial charge in [0, 0.05) is 61.2 Å². The molecule has 1 saturated heterocycles. The van der Waals surface area contributed by atoms with E-state index in [1.807, 2.05) is 0 Å². The maximum atomic E-state index is 14.4. The lowest BCUT2D eigenvalue weighted by molar-refractivity contribution is -0.160. The molecule has 0 radical (unpaired) electrons. The summed E-state index contributed by atoms with van der Waals surface area (Å²) in [5.41, 5.74) is -0.791. The summed E-state index contributed by atoms with van der Waals surface area (Å²) in [6.07, 6.45) is 4.36. The molecule has 4 aliphatic heterocycles. The van der Waals surface area contributed by atoms with Gasteiger partial charge in [-0.25, -0.2) is 8.42 Å². The third-order valence-corrected chi connectivity index (χ3v) is 13.3. The summed E-state index contributed by atoms with van der Waals surface area (Å²) in [6, 6.07) is 0. The van der Waals surface area contributed by atoms with Crippen molar-refractivity contribution in [2.24, 2.45) is 28.8 Å². The number of carbonyl (C=O) groups excluding carboxylic acids is 3. The largest absolute Gasteiger partial charge is 0.507 e. The number of allylic oxidation sites excluding steroid dienone is 2. The van der Waals surface area contributed by atoms with Crippen LogP contribution in [-0.2, 0) is 33.6 Å². The summed E-state index contributed by atoms with van der Waals surface area (Å²) in [7, 11) is -1.87. The van der Waals surface area contributed by atoms with Gasteiger partial charge in [-0.05, 0) is 19.9 Å². The maximum absolute atomic E-state index is 14.4. The number of nitrogens with zero attached hydrogens (tertiary/aromatic N) is 2. The van der Waals surface area contributed by atoms with Crippen LogP contribution < -0.4 is 10.1 Å². The number of sulfone groups is 1. The molecule has 0 unspecified atom stereocenters. The summed E-state index contributed by atoms with van der Waals surface area (Å²) in [4.78, 5) is 40.4. The number of fused-ring (bicyclic) bond motifs is 14. The average Bonchev–Trinajstić information content (AvgIpc) is 3.46. The molecule has 0 aromatic heterocycles. The zero-order valence-electron chi connectivity index (χ0n) is 35.1. The van der Waals surface area contributed by atoms with Gasteiger partial charge >= 0.3 is 11.8 Å². The Labute approximate surface area is 348 Å². The van der Waals surface area contributed by atoms with Crippen molar-refractivity contribution in [3.05, 3.63) is 52.8 Å². The number of hydrazone groups is 1. The van der Waals surface area contributed by atoms with E-state index in [-0.39, 0.29) is 69.1 Å². The lowest BCUT2D eigenvalue weighted by atomic mass is 9.78. The minimum absolute atomic E-state index is 0.00232. The van der Waals surface area contributed by atoms with Crippen LogP contribution in [0.25, 0.3) is 10.8 Å². The maximum Gasteiger partial charge on any atom is 0.312 e. The van der Waals surface area contributed by atoms with Crippen molar-refractivity contribution in [1.82, 2.24) is 5.01 Å². The average molecular weight is 858 g/mol. The number of carbonyl (C=O) groups is 3. The monoisotopic (exact) mass is 857 g/mol. The Hall–Kier alpha value is -5.17. The highest BCUT2D eigenvalue weighted by Gasteiger charge is 2.50. The second kappa shape index (κ2) is 17.8. The molecule has 0 aliphatic carbocycles. The minimum Gasteiger partial charge on any atom is -0.507 e. The highest BCUT2D eigenvalue weighted by molar-refractivity contribution is 7.91. The third kappa shape index (κ3) is 8.96. The Balaban J connectivity index is 1.71. The first-order chi connectivity index (χ1) is 28.0. The fourth-order valence-corrected chi connectivity index (χ4v) is 9.01. The normalized spacial score (nSPS) is 32.2. The SMILES string of the molecule is CO[C@H]1/C=C/O[C@@]2(C)Oc3c(C)c(O)c4c(O)c(c(C=NN5CCS(=O)(=O)CC5)c(O)c4c3C2=O)NC(=O)/C(C)=C\C=C\[C@H](C)[C@H](O)[C@@H](C)[C@@H](O)[C@H](C)[C@H](OC(C)=O)[C@H]1C. The van der Waals surface area contributed by atoms with Gasteiger partial charge in [-0.1, -0.05) is 45.9 Å². The molecule has 1 fully saturated rings. The van der Waals surface area contributed by atoms with E-state index in [9.17, 15) is 48.3 Å². The van der Waals surface area contributed by atoms with Crippen LogP contribution in [0.2, 0.25) is 0 Å². The lowest BCUT2D eigenvalue weighted by Gasteiger charge is -2.38. The van der Waals surface area contributed by atoms with E-state index in [0.717, 1.165) is 12.5 Å². The summed E-state index contributed by atoms with van der Waals surface area (Å²) in [5.74, 6) is -9.35. The fourth-order valence-electron chi connectivity index (χ4n) is 7.83. The minimum atomic E-state index is -3.28. The van der Waals surface area contributed by atoms with Crippen LogP contribution in [0.15, 0.2) is 41.2 Å². The fraction of sp³-hybridized carbons (Fsp3) is 0.524. The van der Waals surface area contributed by atoms with Crippen LogP contribution >= 0.6 is 0 Å². The van der Waals surface area contributed by atoms with Crippen LogP contribution in [-0.4, -0.2) is 125 Å². The first-order valence-corrected chi connectivity index (χ1v) is 21.4. The molecule has 2 aromatic rings. The number of aromatic hydroxyl groups is 3. The highest BCUT2D eigenvalue weighted by Crippen LogP contribution is 2.55. The summed E-state index contributed by atoms with van der Waals surface area (Å²) in [6.45, 7) is 12.3. The summed E-state index contributed by atoms with van der Waals surface area (Å²) >= 11 is 0. The van der Waals surface area contributed by atoms with Crippen molar-refractivity contribution in [2.45, 2.75) is 85.6 Å². The molecule has 4 aliphatic rings. The van der Waals surface area contributed by atoms with Crippen molar-refractivity contribution in [3.8, 4) is 23.0 Å². The van der Waals surface area contributed by atoms with Gasteiger partial charge in [0.15, 0.2) is 15.6 Å². The van der Waals surface area contributed by atoms with Gasteiger partial charge in [0.1, 0.15) is 23.4 Å². The zero-order valence-corrected chi connectivity index (χ0v) is 35.9. The van der Waals surface area contributed by atoms with Crippen LogP contribution in [0.1, 0.15) is 70.0 Å². The Morgan fingerprint density at radius 2 is 1.62 bits per heavy atom. The summed E-state index contributed by atoms with van der Waals surface area (Å²) < 4.78 is 47.6. The molecule has 6 rings (SSSR count). The molecular formula is C42H55N3O14S. The number of hydrogen-bond donors (Lipinski definition) is 6. The molecule has 6 N–H and O–H groups in total. The number of anilines is 1. The van der Waals surface area contributed by atoms with Gasteiger partial charge in [0.2, 0.25) is 0 Å². The number of phenolic OH excluding ortho intramolecular Hbond substituents is 3. The Bertz CT molecular complexity index is 2260. The smallest absolute Gasteiger partial charge is 0.312 e. The lowest BCUT2D eigenvalue weighted by Crippen LogP contribution is -2.46. The molecule has 17 nitrogen and oxygen atoms in total. The van der Waals surface area contributed by atoms with Gasteiger partial charge in [-0.15, -0.1) is 0 Å². The highest BCUT2D eigenvalue weighted by atomic mass is 32.2. The molecule has 0 spiro atoms. The standard InChI is InChI=1S/C42H55N3O14S/c1-20-11-10-12-21(2)41(53)44-32-27(19-43-45-14-17-60(54,55)18-15-45)36(50)29-30(37(32)51)35(49)25(6)39-31(29)40(52)42(8,59-39)57-16-13-28(56-9)22(3)38(58-26(7)46)24(5)34(48)23(4)33(20)47/h10-13,16,19-20,22-24,28,33-34,38,47-51H,14-15,17-18H2,1-9H3,(H,44,53)/b11-10+,16-13+,21-12-,43-19?/t20-,22-,23+,24-,28-,33-,34+,38+,42-/m0/s1. The van der Waals surface area contributed by atoms with E-state index in [0.29, 0.717) is 0 Å². The Morgan fingerprint density at radius 1 is 0.967 bits per heavy atom. The van der Waals surface area contributed by atoms with Gasteiger partial charge in [0.25, 0.3) is 11.7 Å². The molecule has 18 heteroatoms. The Morgan fingerprint density at radius 3 is 2.23 bits per heavy atom. The van der Waals surface area contributed by atoms with Crippen LogP contribution in [0.5, 0.6) is 23.0 Å². The van der Waals surface area contributed by atoms with E-state index in [1.165, 1.54) is 58.0 Å². The zero-order chi connectivity index (χ0) is 44.6. The topological polar surface area (TPSA) is 251 Å². The van der Waals surface area contributed by atoms with Gasteiger partial charge in [-0.3, -0.25) is 19.4 Å². The molecule has 60 heavy (non-hydrogen) atoms. The molecule has 4 heterocycles. The number of hydrogen-bond acceptors (Lipinski definition) is 16. The molecule has 0 saturated carbocycles. The summed E-state index contributed by atoms with van der Waals surface area (Å²) in [5, 5.41) is 65.9. The van der Waals surface area contributed by atoms with E-state index >= 15 is 0 Å². The number of benzene rings is 2. The molecular weight excluding hydrogens is 803 g/mol. The van der Waals surface area contributed by atoms with Gasteiger partial charge in [0.05, 0.1) is 77.6 Å². The van der Waals surface area contributed by atoms with Crippen molar-refractivity contribution >= 4 is 50.2 Å². The molecule has 5 bridgehead atoms. The van der Waals surface area contributed by atoms with Crippen LogP contribution in [0.3, 0.4) is 0 Å². The first-order valence-electron chi connectivity index (χ1n) is 19.6. The van der Waals surface area contributed by atoms with E-state index in [1.54, 1.807) is 33.8 Å². The quantitative estimate of drug-likeness (QED) is 0.111. The number of ether oxygens (including phenoxy) is 4. The van der Waals surface area contributed by atoms with E-state index in [2.05, 4.69) is 10.4 Å². The Kier molecular flexibility index (Phi) is 13.6. The molecule has 1 amide bonds. The number of amides is 1. The van der Waals surface area contributed by atoms with Crippen LogP contribution in [0.4, 0.5) is 5.69 Å². The number of esters is 1.